The third-order valence-corrected chi connectivity index (χ3v) is 7.12. The van der Waals surface area contributed by atoms with Gasteiger partial charge in [0.2, 0.25) is 11.2 Å². The highest BCUT2D eigenvalue weighted by molar-refractivity contribution is 5.82. The fourth-order valence-corrected chi connectivity index (χ4v) is 5.61. The molecule has 5 nitrogen and oxygen atoms in total. The quantitative estimate of drug-likeness (QED) is 0.601. The first-order chi connectivity index (χ1) is 13.5. The van der Waals surface area contributed by atoms with Gasteiger partial charge in [-0.25, -0.2) is 0 Å². The smallest absolute Gasteiger partial charge is 0.235 e. The minimum absolute atomic E-state index is 0.00565. The van der Waals surface area contributed by atoms with E-state index in [-0.39, 0.29) is 17.3 Å². The van der Waals surface area contributed by atoms with E-state index in [0.717, 1.165) is 41.6 Å². The highest BCUT2D eigenvalue weighted by Crippen LogP contribution is 2.80. The van der Waals surface area contributed by atoms with Gasteiger partial charge >= 0.3 is 0 Å². The van der Waals surface area contributed by atoms with Crippen molar-refractivity contribution in [2.45, 2.75) is 19.3 Å². The van der Waals surface area contributed by atoms with Crippen LogP contribution in [-0.2, 0) is 6.42 Å². The molecule has 3 atom stereocenters. The molecule has 1 aromatic heterocycles. The van der Waals surface area contributed by atoms with Crippen molar-refractivity contribution in [2.24, 2.45) is 29.6 Å². The molecule has 4 fully saturated rings. The van der Waals surface area contributed by atoms with E-state index >= 15 is 0 Å². The topological polar surface area (TPSA) is 90.9 Å². The predicted molar refractivity (Wildman–Crippen MR) is 103 cm³/mol. The lowest BCUT2D eigenvalue weighted by molar-refractivity contribution is 0.228. The molecule has 4 aliphatic rings. The van der Waals surface area contributed by atoms with Gasteiger partial charge in [-0.2, -0.15) is 0 Å². The number of aromatic hydroxyl groups is 3. The van der Waals surface area contributed by atoms with Crippen LogP contribution in [0.1, 0.15) is 18.4 Å². The highest BCUT2D eigenvalue weighted by Gasteiger charge is 2.76. The molecule has 142 valence electrons. The van der Waals surface area contributed by atoms with Crippen molar-refractivity contribution in [2.75, 3.05) is 0 Å². The monoisotopic (exact) mass is 376 g/mol. The maximum Gasteiger partial charge on any atom is 0.235 e. The number of benzene rings is 2. The summed E-state index contributed by atoms with van der Waals surface area (Å²) in [5.74, 6) is 3.56. The third-order valence-electron chi connectivity index (χ3n) is 7.12. The minimum atomic E-state index is -0.501. The van der Waals surface area contributed by atoms with Crippen molar-refractivity contribution >= 4 is 11.0 Å². The second kappa shape index (κ2) is 5.31. The molecule has 2 aromatic carbocycles. The standard InChI is InChI=1S/C23H20O5/c24-15-6-3-12(9-16(15)25)23-22(27)21(26)13-4-1-10(8-17(13)28-23)7-11-2-5-14-19-18(11)20(14)19/h1,3-4,6,8-9,11,14,18-20,24-25,27H,2,5,7H2. The van der Waals surface area contributed by atoms with Crippen molar-refractivity contribution in [1.82, 2.24) is 0 Å². The van der Waals surface area contributed by atoms with Gasteiger partial charge in [0.1, 0.15) is 5.58 Å². The number of hydrogen-bond acceptors (Lipinski definition) is 5. The van der Waals surface area contributed by atoms with Crippen LogP contribution in [0.25, 0.3) is 22.3 Å². The second-order valence-corrected chi connectivity index (χ2v) is 8.58. The molecule has 28 heavy (non-hydrogen) atoms. The highest BCUT2D eigenvalue weighted by atomic mass is 16.4. The summed E-state index contributed by atoms with van der Waals surface area (Å²) in [4.78, 5) is 12.6. The molecule has 3 aromatic rings. The first-order valence-electron chi connectivity index (χ1n) is 9.84. The molecule has 5 heteroatoms. The lowest BCUT2D eigenvalue weighted by Crippen LogP contribution is -2.22. The van der Waals surface area contributed by atoms with Crippen LogP contribution in [0.3, 0.4) is 0 Å². The van der Waals surface area contributed by atoms with Crippen LogP contribution >= 0.6 is 0 Å². The fraction of sp³-hybridized carbons (Fsp3) is 0.348. The van der Waals surface area contributed by atoms with Crippen molar-refractivity contribution in [3.05, 3.63) is 52.2 Å². The Morgan fingerprint density at radius 3 is 2.50 bits per heavy atom. The van der Waals surface area contributed by atoms with Crippen LogP contribution in [0.5, 0.6) is 17.2 Å². The average molecular weight is 376 g/mol. The van der Waals surface area contributed by atoms with Gasteiger partial charge in [0.25, 0.3) is 0 Å². The number of phenols is 2. The lowest BCUT2D eigenvalue weighted by Gasteiger charge is -2.29. The Morgan fingerprint density at radius 1 is 0.929 bits per heavy atom. The third kappa shape index (κ3) is 2.16. The fourth-order valence-electron chi connectivity index (χ4n) is 5.61. The molecule has 0 radical (unpaired) electrons. The van der Waals surface area contributed by atoms with Gasteiger partial charge in [-0.1, -0.05) is 6.07 Å². The molecule has 0 spiro atoms. The van der Waals surface area contributed by atoms with Crippen LogP contribution in [0.4, 0.5) is 0 Å². The number of rotatable bonds is 3. The maximum absolute atomic E-state index is 12.6. The molecule has 7 rings (SSSR count). The molecule has 0 saturated heterocycles. The normalized spacial score (nSPS) is 29.5. The van der Waals surface area contributed by atoms with E-state index in [4.69, 9.17) is 4.42 Å². The molecule has 0 aliphatic heterocycles. The Balaban J connectivity index is 1.40. The Kier molecular flexibility index (Phi) is 3.04. The number of hydrogen-bond donors (Lipinski definition) is 3. The summed E-state index contributed by atoms with van der Waals surface area (Å²) in [7, 11) is 0. The summed E-state index contributed by atoms with van der Waals surface area (Å²) in [5, 5.41) is 29.9. The van der Waals surface area contributed by atoms with Crippen molar-refractivity contribution in [3.8, 4) is 28.6 Å². The van der Waals surface area contributed by atoms with E-state index < -0.39 is 11.2 Å². The van der Waals surface area contributed by atoms with Crippen molar-refractivity contribution in [1.29, 1.82) is 0 Å². The average Bonchev–Trinajstić information content (AvgIpc) is 3.60. The largest absolute Gasteiger partial charge is 0.504 e. The van der Waals surface area contributed by atoms with Gasteiger partial charge in [-0.3, -0.25) is 4.79 Å². The van der Waals surface area contributed by atoms with Crippen LogP contribution in [-0.4, -0.2) is 15.3 Å². The first kappa shape index (κ1) is 16.0. The van der Waals surface area contributed by atoms with Crippen LogP contribution in [0.2, 0.25) is 0 Å². The van der Waals surface area contributed by atoms with E-state index in [1.807, 2.05) is 12.1 Å². The Bertz CT molecular complexity index is 1180. The maximum atomic E-state index is 12.6. The predicted octanol–water partition coefficient (Wildman–Crippen LogP) is 4.02. The molecule has 4 saturated carbocycles. The Hall–Kier alpha value is -2.95. The molecule has 3 unspecified atom stereocenters. The van der Waals surface area contributed by atoms with E-state index in [0.29, 0.717) is 16.5 Å². The summed E-state index contributed by atoms with van der Waals surface area (Å²) < 4.78 is 5.88. The SMILES string of the molecule is O=c1c(O)c(-c2ccc(O)c(O)c2)oc2cc(CC3CCC4C5C3C45)ccc12. The second-order valence-electron chi connectivity index (χ2n) is 8.58. The number of fused-ring (bicyclic) bond motifs is 3. The van der Waals surface area contributed by atoms with E-state index in [9.17, 15) is 20.1 Å². The summed E-state index contributed by atoms with van der Waals surface area (Å²) in [5.41, 5.74) is 1.40. The lowest BCUT2D eigenvalue weighted by atomic mass is 9.76. The van der Waals surface area contributed by atoms with E-state index in [1.165, 1.54) is 31.0 Å². The van der Waals surface area contributed by atoms with Gasteiger partial charge in [-0.15, -0.1) is 0 Å². The van der Waals surface area contributed by atoms with Crippen LogP contribution in [0, 0.1) is 29.6 Å². The molecule has 1 heterocycles. The van der Waals surface area contributed by atoms with E-state index in [1.54, 1.807) is 6.07 Å². The van der Waals surface area contributed by atoms with Gasteiger partial charge in [0.05, 0.1) is 5.39 Å². The van der Waals surface area contributed by atoms with Crippen molar-refractivity contribution < 1.29 is 19.7 Å². The van der Waals surface area contributed by atoms with Crippen LogP contribution < -0.4 is 5.43 Å². The van der Waals surface area contributed by atoms with E-state index in [2.05, 4.69) is 0 Å². The van der Waals surface area contributed by atoms with Gasteiger partial charge < -0.3 is 19.7 Å². The van der Waals surface area contributed by atoms with Gasteiger partial charge in [0, 0.05) is 5.56 Å². The summed E-state index contributed by atoms with van der Waals surface area (Å²) >= 11 is 0. The zero-order valence-electron chi connectivity index (χ0n) is 15.1. The molecule has 4 aliphatic carbocycles. The summed E-state index contributed by atoms with van der Waals surface area (Å²) in [6, 6.07) is 9.64. The van der Waals surface area contributed by atoms with Gasteiger partial charge in [0.15, 0.2) is 17.3 Å². The minimum Gasteiger partial charge on any atom is -0.504 e. The van der Waals surface area contributed by atoms with Crippen LogP contribution in [0.15, 0.2) is 45.6 Å². The molecule has 2 bridgehead atoms. The molecule has 3 N–H and O–H groups in total. The van der Waals surface area contributed by atoms with Crippen molar-refractivity contribution in [3.63, 3.8) is 0 Å². The summed E-state index contributed by atoms with van der Waals surface area (Å²) in [6.45, 7) is 0. The molecular formula is C23H20O5. The molecular weight excluding hydrogens is 356 g/mol. The zero-order valence-corrected chi connectivity index (χ0v) is 15.1. The zero-order chi connectivity index (χ0) is 19.2. The Morgan fingerprint density at radius 2 is 1.75 bits per heavy atom. The summed E-state index contributed by atoms with van der Waals surface area (Å²) in [6.07, 6.45) is 3.65. The number of phenolic OH excluding ortho intramolecular Hbond substituents is 2. The van der Waals surface area contributed by atoms with Gasteiger partial charge in [-0.05, 0) is 84.7 Å². The first-order valence-corrected chi connectivity index (χ1v) is 9.84. The Labute approximate surface area is 160 Å². The molecule has 0 amide bonds.